The van der Waals surface area contributed by atoms with Crippen molar-refractivity contribution in [2.24, 2.45) is 0 Å². The number of carbonyl (C=O) groups is 2. The summed E-state index contributed by atoms with van der Waals surface area (Å²) in [6.07, 6.45) is 2.85. The van der Waals surface area contributed by atoms with E-state index in [0.29, 0.717) is 13.2 Å². The van der Waals surface area contributed by atoms with Gasteiger partial charge in [0.25, 0.3) is 5.91 Å². The summed E-state index contributed by atoms with van der Waals surface area (Å²) in [5, 5.41) is 2.15. The van der Waals surface area contributed by atoms with Crippen molar-refractivity contribution < 1.29 is 27.8 Å². The quantitative estimate of drug-likeness (QED) is 0.735. The lowest BCUT2D eigenvalue weighted by molar-refractivity contribution is -0.149. The predicted octanol–water partition coefficient (Wildman–Crippen LogP) is -0.0515. The molecule has 0 radical (unpaired) electrons. The van der Waals surface area contributed by atoms with E-state index in [1.54, 1.807) is 4.90 Å². The molecule has 1 N–H and O–H groups in total. The van der Waals surface area contributed by atoms with Crippen molar-refractivity contribution in [1.29, 1.82) is 0 Å². The molecule has 2 rings (SSSR count). The third-order valence-electron chi connectivity index (χ3n) is 3.67. The number of alkyl halides is 2. The molecule has 1 aromatic heterocycles. The van der Waals surface area contributed by atoms with Crippen LogP contribution in [0.25, 0.3) is 0 Å². The molecule has 1 aliphatic heterocycles. The summed E-state index contributed by atoms with van der Waals surface area (Å²) in [6, 6.07) is 0. The Balaban J connectivity index is 1.86. The highest BCUT2D eigenvalue weighted by Gasteiger charge is 2.43. The van der Waals surface area contributed by atoms with Gasteiger partial charge in [0.2, 0.25) is 5.91 Å². The van der Waals surface area contributed by atoms with E-state index in [-0.39, 0.29) is 32.0 Å². The van der Waals surface area contributed by atoms with Crippen molar-refractivity contribution in [3.8, 4) is 0 Å². The van der Waals surface area contributed by atoms with Gasteiger partial charge in [0.1, 0.15) is 5.69 Å². The van der Waals surface area contributed by atoms with Gasteiger partial charge in [0, 0.05) is 39.1 Å². The van der Waals surface area contributed by atoms with Crippen molar-refractivity contribution >= 4 is 11.8 Å². The number of ether oxygens (including phenoxy) is 2. The maximum Gasteiger partial charge on any atom is 0.367 e. The normalized spacial score (nSPS) is 18.0. The minimum atomic E-state index is -3.79. The fourth-order valence-corrected chi connectivity index (χ4v) is 2.31. The number of nitrogens with zero attached hydrogens (tertiary/aromatic N) is 3. The van der Waals surface area contributed by atoms with Gasteiger partial charge in [0.05, 0.1) is 31.9 Å². The molecule has 0 bridgehead atoms. The highest BCUT2D eigenvalue weighted by Crippen LogP contribution is 2.25. The molecule has 0 aliphatic carbocycles. The van der Waals surface area contributed by atoms with Crippen LogP contribution in [0.3, 0.4) is 0 Å². The van der Waals surface area contributed by atoms with Crippen LogP contribution in [0.4, 0.5) is 8.78 Å². The average Bonchev–Trinajstić information content (AvgIpc) is 2.65. The summed E-state index contributed by atoms with van der Waals surface area (Å²) in [5.74, 6) is -5.39. The summed E-state index contributed by atoms with van der Waals surface area (Å²) in [6.45, 7) is 1.09. The number of hydrogen-bond acceptors (Lipinski definition) is 6. The molecule has 138 valence electrons. The summed E-state index contributed by atoms with van der Waals surface area (Å²) in [4.78, 5) is 32.3. The van der Waals surface area contributed by atoms with E-state index in [9.17, 15) is 18.4 Å². The Morgan fingerprint density at radius 1 is 1.48 bits per heavy atom. The van der Waals surface area contributed by atoms with Gasteiger partial charge < -0.3 is 19.7 Å². The zero-order valence-electron chi connectivity index (χ0n) is 13.8. The molecule has 25 heavy (non-hydrogen) atoms. The second kappa shape index (κ2) is 8.77. The Morgan fingerprint density at radius 2 is 2.28 bits per heavy atom. The SMILES string of the molecule is COCCC(=O)N1CCOC(CNC(=O)C(F)(F)c2cnccn2)C1. The van der Waals surface area contributed by atoms with Crippen molar-refractivity contribution in [2.75, 3.05) is 40.0 Å². The van der Waals surface area contributed by atoms with Gasteiger partial charge in [0.15, 0.2) is 0 Å². The van der Waals surface area contributed by atoms with Crippen LogP contribution in [0.2, 0.25) is 0 Å². The van der Waals surface area contributed by atoms with Gasteiger partial charge in [-0.05, 0) is 0 Å². The fraction of sp³-hybridized carbons (Fsp3) is 0.600. The molecule has 2 heterocycles. The second-order valence-electron chi connectivity index (χ2n) is 5.45. The van der Waals surface area contributed by atoms with Crippen molar-refractivity contribution in [3.63, 3.8) is 0 Å². The van der Waals surface area contributed by atoms with Gasteiger partial charge in [-0.2, -0.15) is 8.78 Å². The van der Waals surface area contributed by atoms with Crippen LogP contribution in [0.15, 0.2) is 18.6 Å². The lowest BCUT2D eigenvalue weighted by Crippen LogP contribution is -2.51. The fourth-order valence-electron chi connectivity index (χ4n) is 2.31. The molecule has 1 aliphatic rings. The largest absolute Gasteiger partial charge is 0.384 e. The summed E-state index contributed by atoms with van der Waals surface area (Å²) < 4.78 is 38.3. The molecule has 8 nitrogen and oxygen atoms in total. The molecular formula is C15H20F2N4O4. The summed E-state index contributed by atoms with van der Waals surface area (Å²) in [7, 11) is 1.50. The van der Waals surface area contributed by atoms with Crippen LogP contribution in [-0.4, -0.2) is 72.7 Å². The molecule has 1 atom stereocenters. The Labute approximate surface area is 143 Å². The minimum absolute atomic E-state index is 0.105. The second-order valence-corrected chi connectivity index (χ2v) is 5.45. The van der Waals surface area contributed by atoms with Crippen LogP contribution in [-0.2, 0) is 25.0 Å². The van der Waals surface area contributed by atoms with E-state index in [2.05, 4.69) is 15.3 Å². The van der Waals surface area contributed by atoms with Crippen molar-refractivity contribution in [1.82, 2.24) is 20.2 Å². The number of rotatable bonds is 7. The molecule has 0 spiro atoms. The van der Waals surface area contributed by atoms with Gasteiger partial charge in [-0.15, -0.1) is 0 Å². The highest BCUT2D eigenvalue weighted by atomic mass is 19.3. The first-order valence-corrected chi connectivity index (χ1v) is 7.76. The van der Waals surface area contributed by atoms with E-state index in [0.717, 1.165) is 12.4 Å². The number of carbonyl (C=O) groups excluding carboxylic acids is 2. The minimum Gasteiger partial charge on any atom is -0.384 e. The standard InChI is InChI=1S/C15H20F2N4O4/c1-24-6-2-13(22)21-5-7-25-11(10-21)8-20-14(23)15(16,17)12-9-18-3-4-19-12/h3-4,9,11H,2,5-8,10H2,1H3,(H,20,23). The van der Waals surface area contributed by atoms with Crippen LogP contribution in [0.5, 0.6) is 0 Å². The Morgan fingerprint density at radius 3 is 2.96 bits per heavy atom. The first-order valence-electron chi connectivity index (χ1n) is 7.76. The van der Waals surface area contributed by atoms with E-state index in [4.69, 9.17) is 9.47 Å². The number of amides is 2. The number of aromatic nitrogens is 2. The summed E-state index contributed by atoms with van der Waals surface area (Å²) in [5.41, 5.74) is -0.728. The zero-order chi connectivity index (χ0) is 18.3. The monoisotopic (exact) mass is 358 g/mol. The number of halogens is 2. The topological polar surface area (TPSA) is 93.7 Å². The Hall–Kier alpha value is -2.20. The first-order chi connectivity index (χ1) is 11.9. The molecule has 2 amide bonds. The maximum atomic E-state index is 14.0. The van der Waals surface area contributed by atoms with Crippen LogP contribution in [0.1, 0.15) is 12.1 Å². The summed E-state index contributed by atoms with van der Waals surface area (Å²) >= 11 is 0. The molecule has 1 aromatic rings. The van der Waals surface area contributed by atoms with Gasteiger partial charge >= 0.3 is 5.92 Å². The number of methoxy groups -OCH3 is 1. The molecule has 1 fully saturated rings. The lowest BCUT2D eigenvalue weighted by Gasteiger charge is -2.33. The molecular weight excluding hydrogens is 338 g/mol. The van der Waals surface area contributed by atoms with E-state index < -0.39 is 23.6 Å². The molecule has 1 unspecified atom stereocenters. The average molecular weight is 358 g/mol. The molecule has 10 heteroatoms. The zero-order valence-corrected chi connectivity index (χ0v) is 13.8. The van der Waals surface area contributed by atoms with Crippen LogP contribution >= 0.6 is 0 Å². The maximum absolute atomic E-state index is 14.0. The van der Waals surface area contributed by atoms with Crippen LogP contribution < -0.4 is 5.32 Å². The number of morpholine rings is 1. The third kappa shape index (κ3) is 5.13. The number of nitrogens with one attached hydrogen (secondary N) is 1. The van der Waals surface area contributed by atoms with Gasteiger partial charge in [-0.1, -0.05) is 0 Å². The van der Waals surface area contributed by atoms with Gasteiger partial charge in [-0.3, -0.25) is 19.6 Å². The Bertz CT molecular complexity index is 588. The van der Waals surface area contributed by atoms with Crippen molar-refractivity contribution in [2.45, 2.75) is 18.4 Å². The van der Waals surface area contributed by atoms with Crippen molar-refractivity contribution in [3.05, 3.63) is 24.3 Å². The van der Waals surface area contributed by atoms with E-state index >= 15 is 0 Å². The highest BCUT2D eigenvalue weighted by molar-refractivity contribution is 5.84. The molecule has 0 saturated carbocycles. The predicted molar refractivity (Wildman–Crippen MR) is 81.7 cm³/mol. The van der Waals surface area contributed by atoms with E-state index in [1.165, 1.54) is 13.3 Å². The van der Waals surface area contributed by atoms with Gasteiger partial charge in [-0.25, -0.2) is 0 Å². The van der Waals surface area contributed by atoms with Crippen LogP contribution in [0, 0.1) is 0 Å². The number of hydrogen-bond donors (Lipinski definition) is 1. The molecule has 0 aromatic carbocycles. The third-order valence-corrected chi connectivity index (χ3v) is 3.67. The first kappa shape index (κ1) is 19.1. The Kier molecular flexibility index (Phi) is 6.71. The lowest BCUT2D eigenvalue weighted by atomic mass is 10.2. The van der Waals surface area contributed by atoms with E-state index in [1.807, 2.05) is 0 Å². The molecule has 1 saturated heterocycles. The smallest absolute Gasteiger partial charge is 0.367 e.